The lowest BCUT2D eigenvalue weighted by atomic mass is 9.95. The minimum Gasteiger partial charge on any atom is -0.496 e. The SMILES string of the molecule is COc1ccc(OC)c2c1CN(Cn1cc(C)n(-c3cc(C)on3)c1=O)C[C@@H]2O. The summed E-state index contributed by atoms with van der Waals surface area (Å²) in [5.74, 6) is 2.41. The van der Waals surface area contributed by atoms with Gasteiger partial charge in [0, 0.05) is 42.2 Å². The second kappa shape index (κ2) is 7.41. The van der Waals surface area contributed by atoms with Crippen molar-refractivity contribution in [2.75, 3.05) is 20.8 Å². The molecule has 4 rings (SSSR count). The molecule has 9 heteroatoms. The van der Waals surface area contributed by atoms with Crippen LogP contribution in [-0.4, -0.2) is 45.1 Å². The molecule has 2 aromatic heterocycles. The van der Waals surface area contributed by atoms with Crippen LogP contribution in [0.1, 0.15) is 28.7 Å². The molecule has 29 heavy (non-hydrogen) atoms. The number of methoxy groups -OCH3 is 2. The van der Waals surface area contributed by atoms with Crippen LogP contribution in [-0.2, 0) is 13.2 Å². The van der Waals surface area contributed by atoms with Gasteiger partial charge in [-0.3, -0.25) is 9.47 Å². The van der Waals surface area contributed by atoms with Crippen LogP contribution < -0.4 is 15.2 Å². The molecule has 1 N–H and O–H groups in total. The zero-order valence-electron chi connectivity index (χ0n) is 16.9. The van der Waals surface area contributed by atoms with E-state index in [9.17, 15) is 9.90 Å². The number of aliphatic hydroxyl groups is 1. The first kappa shape index (κ1) is 19.3. The minimum absolute atomic E-state index is 0.214. The fourth-order valence-electron chi connectivity index (χ4n) is 3.92. The second-order valence-corrected chi connectivity index (χ2v) is 7.19. The molecule has 1 aliphatic heterocycles. The normalized spacial score (nSPS) is 16.7. The van der Waals surface area contributed by atoms with E-state index in [1.807, 2.05) is 17.9 Å². The molecule has 1 aliphatic rings. The van der Waals surface area contributed by atoms with E-state index in [1.54, 1.807) is 44.0 Å². The Labute approximate surface area is 167 Å². The molecule has 0 fully saturated rings. The van der Waals surface area contributed by atoms with E-state index in [0.717, 1.165) is 16.8 Å². The number of hydrogen-bond donors (Lipinski definition) is 1. The first-order valence-electron chi connectivity index (χ1n) is 9.29. The van der Waals surface area contributed by atoms with Crippen molar-refractivity contribution in [3.05, 3.63) is 57.5 Å². The third-order valence-corrected chi connectivity index (χ3v) is 5.19. The van der Waals surface area contributed by atoms with Gasteiger partial charge in [-0.2, -0.15) is 0 Å². The van der Waals surface area contributed by atoms with Crippen molar-refractivity contribution in [3.63, 3.8) is 0 Å². The van der Waals surface area contributed by atoms with Crippen molar-refractivity contribution in [3.8, 4) is 17.3 Å². The van der Waals surface area contributed by atoms with Crippen molar-refractivity contribution < 1.29 is 19.1 Å². The van der Waals surface area contributed by atoms with Gasteiger partial charge in [0.2, 0.25) is 0 Å². The Morgan fingerprint density at radius 3 is 2.62 bits per heavy atom. The molecular formula is C20H24N4O5. The third-order valence-electron chi connectivity index (χ3n) is 5.19. The van der Waals surface area contributed by atoms with Gasteiger partial charge in [0.05, 0.1) is 27.0 Å². The van der Waals surface area contributed by atoms with Gasteiger partial charge in [0.25, 0.3) is 0 Å². The standard InChI is InChI=1S/C20H24N4O5/c1-12-8-23(20(26)24(12)18-7-13(2)29-21-18)11-22-9-14-16(27-3)5-6-17(28-4)19(14)15(25)10-22/h5-8,15,25H,9-11H2,1-4H3/t15-/m0/s1. The van der Waals surface area contributed by atoms with Crippen molar-refractivity contribution in [2.24, 2.45) is 0 Å². The maximum absolute atomic E-state index is 12.9. The Morgan fingerprint density at radius 2 is 1.97 bits per heavy atom. The summed E-state index contributed by atoms with van der Waals surface area (Å²) >= 11 is 0. The number of fused-ring (bicyclic) bond motifs is 1. The predicted octanol–water partition coefficient (Wildman–Crippen LogP) is 1.77. The molecule has 0 radical (unpaired) electrons. The number of ether oxygens (including phenoxy) is 2. The fraction of sp³-hybridized carbons (Fsp3) is 0.400. The van der Waals surface area contributed by atoms with Gasteiger partial charge in [-0.1, -0.05) is 5.16 Å². The van der Waals surface area contributed by atoms with E-state index in [0.29, 0.717) is 42.8 Å². The molecule has 0 amide bonds. The zero-order valence-corrected chi connectivity index (χ0v) is 16.9. The first-order valence-corrected chi connectivity index (χ1v) is 9.29. The first-order chi connectivity index (χ1) is 13.9. The van der Waals surface area contributed by atoms with Crippen LogP contribution in [0.5, 0.6) is 11.5 Å². The summed E-state index contributed by atoms with van der Waals surface area (Å²) in [5.41, 5.74) is 2.14. The van der Waals surface area contributed by atoms with E-state index < -0.39 is 6.10 Å². The van der Waals surface area contributed by atoms with Crippen LogP contribution in [0.25, 0.3) is 5.82 Å². The fourth-order valence-corrected chi connectivity index (χ4v) is 3.92. The molecule has 3 aromatic rings. The van der Waals surface area contributed by atoms with E-state index in [2.05, 4.69) is 5.16 Å². The van der Waals surface area contributed by atoms with E-state index >= 15 is 0 Å². The van der Waals surface area contributed by atoms with E-state index in [4.69, 9.17) is 14.0 Å². The molecular weight excluding hydrogens is 376 g/mol. The highest BCUT2D eigenvalue weighted by Gasteiger charge is 2.30. The lowest BCUT2D eigenvalue weighted by molar-refractivity contribution is 0.0696. The molecule has 0 spiro atoms. The maximum Gasteiger partial charge on any atom is 0.335 e. The van der Waals surface area contributed by atoms with Crippen molar-refractivity contribution in [2.45, 2.75) is 33.2 Å². The summed E-state index contributed by atoms with van der Waals surface area (Å²) in [6.45, 7) is 4.83. The number of aliphatic hydroxyl groups excluding tert-OH is 1. The Bertz CT molecular complexity index is 1100. The Hall–Kier alpha value is -3.04. The number of hydrogen-bond acceptors (Lipinski definition) is 7. The quantitative estimate of drug-likeness (QED) is 0.697. The van der Waals surface area contributed by atoms with Gasteiger partial charge in [-0.05, 0) is 26.0 Å². The Balaban J connectivity index is 1.65. The van der Waals surface area contributed by atoms with Crippen molar-refractivity contribution >= 4 is 0 Å². The number of benzene rings is 1. The summed E-state index contributed by atoms with van der Waals surface area (Å²) in [4.78, 5) is 14.9. The lowest BCUT2D eigenvalue weighted by Crippen LogP contribution is -2.38. The second-order valence-electron chi connectivity index (χ2n) is 7.19. The molecule has 0 aliphatic carbocycles. The largest absolute Gasteiger partial charge is 0.496 e. The van der Waals surface area contributed by atoms with Gasteiger partial charge in [0.1, 0.15) is 17.3 Å². The van der Waals surface area contributed by atoms with Crippen LogP contribution >= 0.6 is 0 Å². The van der Waals surface area contributed by atoms with Crippen LogP contribution in [0.4, 0.5) is 0 Å². The van der Waals surface area contributed by atoms with Crippen LogP contribution in [0.15, 0.2) is 33.7 Å². The molecule has 0 unspecified atom stereocenters. The molecule has 1 atom stereocenters. The average Bonchev–Trinajstić information content (AvgIpc) is 3.23. The topological polar surface area (TPSA) is 94.9 Å². The van der Waals surface area contributed by atoms with E-state index in [-0.39, 0.29) is 5.69 Å². The molecule has 0 saturated heterocycles. The number of imidazole rings is 1. The molecule has 0 bridgehead atoms. The van der Waals surface area contributed by atoms with Crippen molar-refractivity contribution in [1.82, 2.24) is 19.2 Å². The van der Waals surface area contributed by atoms with Gasteiger partial charge < -0.3 is 19.1 Å². The summed E-state index contributed by atoms with van der Waals surface area (Å²) in [6, 6.07) is 5.34. The third kappa shape index (κ3) is 3.32. The zero-order chi connectivity index (χ0) is 20.7. The van der Waals surface area contributed by atoms with Gasteiger partial charge in [0.15, 0.2) is 5.82 Å². The van der Waals surface area contributed by atoms with Crippen molar-refractivity contribution in [1.29, 1.82) is 0 Å². The van der Waals surface area contributed by atoms with Gasteiger partial charge >= 0.3 is 5.69 Å². The number of rotatable bonds is 5. The maximum atomic E-state index is 12.9. The monoisotopic (exact) mass is 400 g/mol. The minimum atomic E-state index is -0.749. The highest BCUT2D eigenvalue weighted by Crippen LogP contribution is 2.39. The average molecular weight is 400 g/mol. The Kier molecular flexibility index (Phi) is 4.93. The number of β-amino-alcohol motifs (C(OH)–C–C–N with tert-alkyl or cyclic N) is 1. The number of aryl methyl sites for hydroxylation is 2. The molecule has 1 aromatic carbocycles. The van der Waals surface area contributed by atoms with E-state index in [1.165, 1.54) is 4.57 Å². The summed E-state index contributed by atoms with van der Waals surface area (Å²) < 4.78 is 19.1. The molecule has 0 saturated carbocycles. The van der Waals surface area contributed by atoms with Crippen LogP contribution in [0.2, 0.25) is 0 Å². The highest BCUT2D eigenvalue weighted by atomic mass is 16.5. The number of aromatic nitrogens is 3. The number of nitrogens with zero attached hydrogens (tertiary/aromatic N) is 4. The summed E-state index contributed by atoms with van der Waals surface area (Å²) in [6.07, 6.45) is 1.03. The smallest absolute Gasteiger partial charge is 0.335 e. The summed E-state index contributed by atoms with van der Waals surface area (Å²) in [7, 11) is 3.18. The molecule has 154 valence electrons. The van der Waals surface area contributed by atoms with Gasteiger partial charge in [-0.25, -0.2) is 9.36 Å². The lowest BCUT2D eigenvalue weighted by Gasteiger charge is -2.33. The molecule has 3 heterocycles. The highest BCUT2D eigenvalue weighted by molar-refractivity contribution is 5.51. The van der Waals surface area contributed by atoms with Gasteiger partial charge in [-0.15, -0.1) is 0 Å². The predicted molar refractivity (Wildman–Crippen MR) is 104 cm³/mol. The molecule has 9 nitrogen and oxygen atoms in total. The summed E-state index contributed by atoms with van der Waals surface area (Å²) in [5, 5.41) is 14.7. The van der Waals surface area contributed by atoms with Crippen LogP contribution in [0.3, 0.4) is 0 Å². The Morgan fingerprint density at radius 1 is 1.24 bits per heavy atom. The van der Waals surface area contributed by atoms with Crippen LogP contribution in [0, 0.1) is 13.8 Å².